The molecule has 0 unspecified atom stereocenters. The molecular weight excluding hydrogens is 195 g/mol. The SMILES string of the molecule is CCP(=O)(NC(C)(C)C)NC(C)(C)C. The fourth-order valence-corrected chi connectivity index (χ4v) is 3.81. The molecule has 0 heterocycles. The van der Waals surface area contributed by atoms with Crippen LogP contribution in [-0.4, -0.2) is 17.2 Å². The molecular formula is C10H25N2OP. The molecule has 0 aliphatic heterocycles. The minimum absolute atomic E-state index is 0.121. The summed E-state index contributed by atoms with van der Waals surface area (Å²) in [7, 11) is -2.44. The van der Waals surface area contributed by atoms with E-state index in [1.165, 1.54) is 0 Å². The summed E-state index contributed by atoms with van der Waals surface area (Å²) in [6.07, 6.45) is 0.627. The van der Waals surface area contributed by atoms with Gasteiger partial charge in [-0.3, -0.25) is 4.57 Å². The molecule has 0 bridgehead atoms. The first-order valence-electron chi connectivity index (χ1n) is 5.15. The topological polar surface area (TPSA) is 41.1 Å². The summed E-state index contributed by atoms with van der Waals surface area (Å²) in [6.45, 7) is 14.1. The first-order chi connectivity index (χ1) is 5.97. The van der Waals surface area contributed by atoms with Crippen molar-refractivity contribution >= 4 is 7.44 Å². The van der Waals surface area contributed by atoms with Gasteiger partial charge in [0.2, 0.25) is 7.44 Å². The second kappa shape index (κ2) is 4.34. The van der Waals surface area contributed by atoms with Gasteiger partial charge >= 0.3 is 0 Å². The van der Waals surface area contributed by atoms with Gasteiger partial charge in [-0.05, 0) is 41.5 Å². The summed E-state index contributed by atoms with van der Waals surface area (Å²) >= 11 is 0. The maximum Gasteiger partial charge on any atom is 0.211 e. The van der Waals surface area contributed by atoms with Gasteiger partial charge in [0.1, 0.15) is 0 Å². The maximum atomic E-state index is 12.4. The van der Waals surface area contributed by atoms with Crippen LogP contribution in [0.2, 0.25) is 0 Å². The lowest BCUT2D eigenvalue weighted by Gasteiger charge is -2.33. The van der Waals surface area contributed by atoms with Crippen LogP contribution in [0.3, 0.4) is 0 Å². The average molecular weight is 220 g/mol. The third-order valence-electron chi connectivity index (χ3n) is 1.48. The molecule has 0 fully saturated rings. The lowest BCUT2D eigenvalue weighted by molar-refractivity contribution is 0.448. The summed E-state index contributed by atoms with van der Waals surface area (Å²) in [5, 5.41) is 6.37. The van der Waals surface area contributed by atoms with E-state index in [0.29, 0.717) is 6.16 Å². The highest BCUT2D eigenvalue weighted by Gasteiger charge is 2.29. The molecule has 0 aliphatic rings. The van der Waals surface area contributed by atoms with E-state index < -0.39 is 7.44 Å². The molecule has 0 aromatic rings. The summed E-state index contributed by atoms with van der Waals surface area (Å²) < 4.78 is 12.4. The highest BCUT2D eigenvalue weighted by Crippen LogP contribution is 2.40. The summed E-state index contributed by atoms with van der Waals surface area (Å²) in [5.41, 5.74) is -0.242. The van der Waals surface area contributed by atoms with Crippen LogP contribution in [-0.2, 0) is 4.57 Å². The maximum absolute atomic E-state index is 12.4. The van der Waals surface area contributed by atoms with Crippen molar-refractivity contribution in [3.8, 4) is 0 Å². The normalized spacial score (nSPS) is 14.5. The van der Waals surface area contributed by atoms with Gasteiger partial charge in [-0.15, -0.1) is 0 Å². The van der Waals surface area contributed by atoms with E-state index in [-0.39, 0.29) is 11.1 Å². The molecule has 0 atom stereocenters. The second-order valence-electron chi connectivity index (χ2n) is 5.78. The van der Waals surface area contributed by atoms with Crippen molar-refractivity contribution in [1.82, 2.24) is 10.2 Å². The summed E-state index contributed by atoms with van der Waals surface area (Å²) in [4.78, 5) is 0. The van der Waals surface area contributed by atoms with Gasteiger partial charge in [0.15, 0.2) is 0 Å². The van der Waals surface area contributed by atoms with Crippen molar-refractivity contribution < 1.29 is 4.57 Å². The molecule has 0 aromatic heterocycles. The Morgan fingerprint density at radius 1 is 0.929 bits per heavy atom. The van der Waals surface area contributed by atoms with E-state index >= 15 is 0 Å². The van der Waals surface area contributed by atoms with Gasteiger partial charge < -0.3 is 0 Å². The van der Waals surface area contributed by atoms with Crippen molar-refractivity contribution in [2.45, 2.75) is 59.5 Å². The molecule has 0 saturated heterocycles. The Morgan fingerprint density at radius 3 is 1.36 bits per heavy atom. The molecule has 0 radical (unpaired) electrons. The molecule has 0 aromatic carbocycles. The molecule has 0 aliphatic carbocycles. The minimum Gasteiger partial charge on any atom is -0.289 e. The van der Waals surface area contributed by atoms with E-state index in [1.54, 1.807) is 0 Å². The van der Waals surface area contributed by atoms with E-state index in [1.807, 2.05) is 48.5 Å². The molecule has 86 valence electrons. The highest BCUT2D eigenvalue weighted by molar-refractivity contribution is 7.59. The minimum atomic E-state index is -2.44. The largest absolute Gasteiger partial charge is 0.289 e. The quantitative estimate of drug-likeness (QED) is 0.718. The Balaban J connectivity index is 4.59. The summed E-state index contributed by atoms with van der Waals surface area (Å²) in [5.74, 6) is 0. The zero-order chi connectivity index (χ0) is 11.6. The lowest BCUT2D eigenvalue weighted by atomic mass is 10.1. The van der Waals surface area contributed by atoms with E-state index in [0.717, 1.165) is 0 Å². The van der Waals surface area contributed by atoms with Crippen LogP contribution in [0.25, 0.3) is 0 Å². The number of hydrogen-bond donors (Lipinski definition) is 2. The monoisotopic (exact) mass is 220 g/mol. The van der Waals surface area contributed by atoms with Crippen molar-refractivity contribution in [3.63, 3.8) is 0 Å². The molecule has 14 heavy (non-hydrogen) atoms. The Morgan fingerprint density at radius 2 is 1.21 bits per heavy atom. The molecule has 0 amide bonds. The van der Waals surface area contributed by atoms with E-state index in [2.05, 4.69) is 10.2 Å². The van der Waals surface area contributed by atoms with Crippen molar-refractivity contribution in [2.75, 3.05) is 6.16 Å². The van der Waals surface area contributed by atoms with Crippen LogP contribution >= 0.6 is 7.44 Å². The average Bonchev–Trinajstić information content (AvgIpc) is 1.78. The zero-order valence-corrected chi connectivity index (χ0v) is 11.5. The van der Waals surface area contributed by atoms with Crippen LogP contribution in [0.4, 0.5) is 0 Å². The van der Waals surface area contributed by atoms with Crippen LogP contribution in [0, 0.1) is 0 Å². The van der Waals surface area contributed by atoms with E-state index in [4.69, 9.17) is 0 Å². The highest BCUT2D eigenvalue weighted by atomic mass is 31.2. The van der Waals surface area contributed by atoms with Gasteiger partial charge in [0.05, 0.1) is 0 Å². The third-order valence-corrected chi connectivity index (χ3v) is 4.43. The molecule has 3 nitrogen and oxygen atoms in total. The van der Waals surface area contributed by atoms with Crippen molar-refractivity contribution in [2.24, 2.45) is 0 Å². The first-order valence-corrected chi connectivity index (χ1v) is 7.05. The van der Waals surface area contributed by atoms with Crippen LogP contribution in [0.5, 0.6) is 0 Å². The zero-order valence-electron chi connectivity index (χ0n) is 10.6. The van der Waals surface area contributed by atoms with Gasteiger partial charge in [-0.1, -0.05) is 6.92 Å². The Hall–Kier alpha value is 0.150. The molecule has 0 spiro atoms. The third kappa shape index (κ3) is 6.58. The number of nitrogens with one attached hydrogen (secondary N) is 2. The van der Waals surface area contributed by atoms with Crippen LogP contribution in [0.15, 0.2) is 0 Å². The molecule has 0 rings (SSSR count). The predicted octanol–water partition coefficient (Wildman–Crippen LogP) is 2.98. The van der Waals surface area contributed by atoms with Gasteiger partial charge in [-0.2, -0.15) is 0 Å². The summed E-state index contributed by atoms with van der Waals surface area (Å²) in [6, 6.07) is 0. The van der Waals surface area contributed by atoms with Crippen molar-refractivity contribution in [3.05, 3.63) is 0 Å². The van der Waals surface area contributed by atoms with E-state index in [9.17, 15) is 4.57 Å². The van der Waals surface area contributed by atoms with Crippen LogP contribution in [0.1, 0.15) is 48.5 Å². The fourth-order valence-electron chi connectivity index (χ4n) is 1.27. The van der Waals surface area contributed by atoms with Crippen molar-refractivity contribution in [1.29, 1.82) is 0 Å². The molecule has 4 heteroatoms. The van der Waals surface area contributed by atoms with Crippen LogP contribution < -0.4 is 10.2 Å². The Bertz CT molecular complexity index is 205. The molecule has 2 N–H and O–H groups in total. The molecule has 0 saturated carbocycles. The number of hydrogen-bond acceptors (Lipinski definition) is 1. The Kier molecular flexibility index (Phi) is 4.39. The number of rotatable bonds is 3. The predicted molar refractivity (Wildman–Crippen MR) is 63.9 cm³/mol. The van der Waals surface area contributed by atoms with Gasteiger partial charge in [0.25, 0.3) is 0 Å². The second-order valence-corrected chi connectivity index (χ2v) is 8.34. The van der Waals surface area contributed by atoms with Gasteiger partial charge in [-0.25, -0.2) is 10.2 Å². The lowest BCUT2D eigenvalue weighted by Crippen LogP contribution is -2.43. The standard InChI is InChI=1S/C10H25N2OP/c1-8-14(13,11-9(2,3)4)12-10(5,6)7/h8H2,1-7H3,(H2,11,12,13). The first kappa shape index (κ1) is 14.2. The van der Waals surface area contributed by atoms with Gasteiger partial charge in [0, 0.05) is 17.2 Å². The smallest absolute Gasteiger partial charge is 0.211 e. The fraction of sp³-hybridized carbons (Fsp3) is 1.00. The Labute approximate surface area is 88.5 Å².